The summed E-state index contributed by atoms with van der Waals surface area (Å²) in [6.07, 6.45) is -0.474. The Morgan fingerprint density at radius 2 is 1.83 bits per heavy atom. The Kier molecular flexibility index (Phi) is 5.04. The normalized spacial score (nSPS) is 11.2. The Labute approximate surface area is 136 Å². The predicted octanol–water partition coefficient (Wildman–Crippen LogP) is 4.95. The van der Waals surface area contributed by atoms with Crippen LogP contribution in [0.15, 0.2) is 48.5 Å². The van der Waals surface area contributed by atoms with Crippen LogP contribution in [-0.2, 0) is 11.3 Å². The van der Waals surface area contributed by atoms with Gasteiger partial charge in [-0.15, -0.1) is 0 Å². The molecule has 0 fully saturated rings. The van der Waals surface area contributed by atoms with E-state index in [0.29, 0.717) is 11.3 Å². The highest BCUT2D eigenvalue weighted by atomic mass is 19.1. The number of nitrogens with zero attached hydrogens (tertiary/aromatic N) is 1. The molecule has 0 aliphatic heterocycles. The van der Waals surface area contributed by atoms with Gasteiger partial charge in [-0.1, -0.05) is 24.3 Å². The van der Waals surface area contributed by atoms with Crippen molar-refractivity contribution in [2.24, 2.45) is 0 Å². The van der Waals surface area contributed by atoms with Gasteiger partial charge in [0.15, 0.2) is 0 Å². The van der Waals surface area contributed by atoms with Crippen molar-refractivity contribution in [2.45, 2.75) is 32.9 Å². The topological polar surface area (TPSA) is 29.5 Å². The first kappa shape index (κ1) is 17.0. The number of halogens is 1. The van der Waals surface area contributed by atoms with E-state index in [-0.39, 0.29) is 12.4 Å². The number of anilines is 1. The number of benzene rings is 2. The quantitative estimate of drug-likeness (QED) is 0.802. The number of hydrogen-bond donors (Lipinski definition) is 0. The average Bonchev–Trinajstić information content (AvgIpc) is 2.44. The third-order valence-electron chi connectivity index (χ3n) is 3.09. The van der Waals surface area contributed by atoms with Crippen LogP contribution in [0.3, 0.4) is 0 Å². The molecule has 0 bridgehead atoms. The van der Waals surface area contributed by atoms with E-state index in [1.807, 2.05) is 32.9 Å². The minimum atomic E-state index is -0.608. The zero-order chi connectivity index (χ0) is 17.0. The van der Waals surface area contributed by atoms with Crippen molar-refractivity contribution in [3.05, 3.63) is 72.4 Å². The lowest BCUT2D eigenvalue weighted by atomic mass is 10.1. The molecule has 0 aliphatic rings. The lowest BCUT2D eigenvalue weighted by Gasteiger charge is -2.27. The number of amides is 1. The maximum absolute atomic E-state index is 13.4. The van der Waals surface area contributed by atoms with Crippen LogP contribution in [0.25, 0.3) is 0 Å². The second-order valence-electron chi connectivity index (χ2n) is 6.36. The van der Waals surface area contributed by atoms with Gasteiger partial charge < -0.3 is 4.74 Å². The molecule has 0 heterocycles. The van der Waals surface area contributed by atoms with Crippen molar-refractivity contribution in [1.29, 1.82) is 0 Å². The third kappa shape index (κ3) is 5.09. The van der Waals surface area contributed by atoms with Gasteiger partial charge in [0, 0.05) is 5.69 Å². The highest BCUT2D eigenvalue weighted by molar-refractivity contribution is 5.87. The van der Waals surface area contributed by atoms with Gasteiger partial charge in [0.05, 0.1) is 6.54 Å². The maximum atomic E-state index is 13.4. The molecule has 4 heteroatoms. The lowest BCUT2D eigenvalue weighted by Crippen LogP contribution is -2.36. The Morgan fingerprint density at radius 3 is 2.39 bits per heavy atom. The summed E-state index contributed by atoms with van der Waals surface area (Å²) in [7, 11) is 0. The van der Waals surface area contributed by atoms with Crippen LogP contribution >= 0.6 is 0 Å². The van der Waals surface area contributed by atoms with Crippen molar-refractivity contribution in [3.63, 3.8) is 0 Å². The zero-order valence-corrected chi connectivity index (χ0v) is 13.7. The zero-order valence-electron chi connectivity index (χ0n) is 13.7. The van der Waals surface area contributed by atoms with Gasteiger partial charge >= 0.3 is 6.09 Å². The Bertz CT molecular complexity index is 675. The summed E-state index contributed by atoms with van der Waals surface area (Å²) in [5.41, 5.74) is 1.61. The molecule has 0 spiro atoms. The molecule has 3 nitrogen and oxygen atoms in total. The van der Waals surface area contributed by atoms with Crippen LogP contribution in [0.2, 0.25) is 0 Å². The molecule has 2 aromatic rings. The summed E-state index contributed by atoms with van der Waals surface area (Å²) >= 11 is 0. The van der Waals surface area contributed by atoms with E-state index >= 15 is 0 Å². The van der Waals surface area contributed by atoms with Crippen LogP contribution in [0.1, 0.15) is 31.9 Å². The van der Waals surface area contributed by atoms with Crippen LogP contribution in [0.4, 0.5) is 14.9 Å². The monoisotopic (exact) mass is 314 g/mol. The highest BCUT2D eigenvalue weighted by Crippen LogP contribution is 2.21. The first-order valence-electron chi connectivity index (χ1n) is 7.41. The van der Waals surface area contributed by atoms with Gasteiger partial charge in [0.2, 0.25) is 0 Å². The molecular formula is C19H21FNO2. The second kappa shape index (κ2) is 6.82. The Morgan fingerprint density at radius 1 is 1.17 bits per heavy atom. The van der Waals surface area contributed by atoms with Crippen molar-refractivity contribution in [2.75, 3.05) is 4.90 Å². The molecule has 1 radical (unpaired) electrons. The van der Waals surface area contributed by atoms with E-state index in [9.17, 15) is 9.18 Å². The number of ether oxygens (including phenoxy) is 1. The average molecular weight is 314 g/mol. The molecule has 0 N–H and O–H groups in total. The third-order valence-corrected chi connectivity index (χ3v) is 3.09. The van der Waals surface area contributed by atoms with Crippen LogP contribution in [0, 0.1) is 12.7 Å². The first-order chi connectivity index (χ1) is 10.7. The summed E-state index contributed by atoms with van der Waals surface area (Å²) in [5, 5.41) is 0. The largest absolute Gasteiger partial charge is 0.443 e. The van der Waals surface area contributed by atoms with Crippen molar-refractivity contribution >= 4 is 11.8 Å². The van der Waals surface area contributed by atoms with E-state index in [1.54, 1.807) is 24.3 Å². The molecule has 121 valence electrons. The highest BCUT2D eigenvalue weighted by Gasteiger charge is 2.23. The summed E-state index contributed by atoms with van der Waals surface area (Å²) in [5.74, 6) is -0.334. The SMILES string of the molecule is [CH2]c1ccc(N(Cc2cccc(F)c2)C(=O)OC(C)(C)C)cc1. The van der Waals surface area contributed by atoms with Crippen LogP contribution in [0.5, 0.6) is 0 Å². The van der Waals surface area contributed by atoms with Crippen LogP contribution in [-0.4, -0.2) is 11.7 Å². The van der Waals surface area contributed by atoms with Gasteiger partial charge in [0.1, 0.15) is 11.4 Å². The molecular weight excluding hydrogens is 293 g/mol. The maximum Gasteiger partial charge on any atom is 0.415 e. The van der Waals surface area contributed by atoms with Gasteiger partial charge in [-0.3, -0.25) is 4.90 Å². The van der Waals surface area contributed by atoms with Crippen LogP contribution < -0.4 is 4.90 Å². The fraction of sp³-hybridized carbons (Fsp3) is 0.263. The molecule has 23 heavy (non-hydrogen) atoms. The van der Waals surface area contributed by atoms with Crippen molar-refractivity contribution in [1.82, 2.24) is 0 Å². The molecule has 0 unspecified atom stereocenters. The van der Waals surface area contributed by atoms with Gasteiger partial charge in [-0.25, -0.2) is 9.18 Å². The molecule has 0 aliphatic carbocycles. The molecule has 2 rings (SSSR count). The lowest BCUT2D eigenvalue weighted by molar-refractivity contribution is 0.0577. The smallest absolute Gasteiger partial charge is 0.415 e. The Hall–Kier alpha value is -2.36. The minimum Gasteiger partial charge on any atom is -0.443 e. The summed E-state index contributed by atoms with van der Waals surface area (Å²) < 4.78 is 18.9. The summed E-state index contributed by atoms with van der Waals surface area (Å²) in [6.45, 7) is 9.49. The minimum absolute atomic E-state index is 0.225. The standard InChI is InChI=1S/C19H21FNO2/c1-14-8-10-17(11-9-14)21(18(22)23-19(2,3)4)13-15-6-5-7-16(20)12-15/h5-12H,1,13H2,2-4H3. The number of carbonyl (C=O) groups is 1. The van der Waals surface area contributed by atoms with Crippen molar-refractivity contribution in [3.8, 4) is 0 Å². The second-order valence-corrected chi connectivity index (χ2v) is 6.36. The molecule has 1 amide bonds. The molecule has 0 saturated carbocycles. The fourth-order valence-electron chi connectivity index (χ4n) is 2.07. The molecule has 0 aromatic heterocycles. The van der Waals surface area contributed by atoms with E-state index in [4.69, 9.17) is 4.74 Å². The van der Waals surface area contributed by atoms with E-state index in [1.165, 1.54) is 17.0 Å². The van der Waals surface area contributed by atoms with E-state index < -0.39 is 11.7 Å². The van der Waals surface area contributed by atoms with Gasteiger partial charge in [-0.2, -0.15) is 0 Å². The van der Waals surface area contributed by atoms with E-state index in [2.05, 4.69) is 6.92 Å². The first-order valence-corrected chi connectivity index (χ1v) is 7.41. The van der Waals surface area contributed by atoms with Gasteiger partial charge in [-0.05, 0) is 63.1 Å². The number of rotatable bonds is 3. The number of carbonyl (C=O) groups excluding carboxylic acids is 1. The molecule has 0 saturated heterocycles. The van der Waals surface area contributed by atoms with E-state index in [0.717, 1.165) is 5.56 Å². The molecule has 2 aromatic carbocycles. The summed E-state index contributed by atoms with van der Waals surface area (Å²) in [4.78, 5) is 14.0. The van der Waals surface area contributed by atoms with Gasteiger partial charge in [0.25, 0.3) is 0 Å². The Balaban J connectivity index is 2.30. The number of hydrogen-bond acceptors (Lipinski definition) is 2. The summed E-state index contributed by atoms with van der Waals surface area (Å²) in [6, 6.07) is 13.4. The van der Waals surface area contributed by atoms with Crippen molar-refractivity contribution < 1.29 is 13.9 Å². The predicted molar refractivity (Wildman–Crippen MR) is 89.7 cm³/mol. The molecule has 0 atom stereocenters. The fourth-order valence-corrected chi connectivity index (χ4v) is 2.07.